The van der Waals surface area contributed by atoms with Crippen LogP contribution in [0.5, 0.6) is 0 Å². The predicted octanol–water partition coefficient (Wildman–Crippen LogP) is 2.52. The van der Waals surface area contributed by atoms with Crippen molar-refractivity contribution in [1.29, 1.82) is 0 Å². The van der Waals surface area contributed by atoms with Crippen molar-refractivity contribution in [2.24, 2.45) is 0 Å². The van der Waals surface area contributed by atoms with Crippen LogP contribution in [0.3, 0.4) is 0 Å². The number of hydrogen-bond donors (Lipinski definition) is 0. The molecule has 78 valence electrons. The van der Waals surface area contributed by atoms with Gasteiger partial charge in [0.2, 0.25) is 5.95 Å². The average molecular weight is 208 g/mol. The molecule has 0 saturated heterocycles. The predicted molar refractivity (Wildman–Crippen MR) is 52.4 cm³/mol. The topological polar surface area (TPSA) is 17.8 Å². The molecule has 0 saturated carbocycles. The summed E-state index contributed by atoms with van der Waals surface area (Å²) in [7, 11) is 0. The van der Waals surface area contributed by atoms with Crippen LogP contribution in [0.2, 0.25) is 0 Å². The van der Waals surface area contributed by atoms with Gasteiger partial charge in [-0.2, -0.15) is 4.39 Å². The standard InChI is InChI=1S/C11H10F2N2/c1-8-6-15(14-11(8)13)7-9-3-2-4-10(12)5-9/h2-6H,7H2,1H3. The summed E-state index contributed by atoms with van der Waals surface area (Å²) < 4.78 is 27.2. The van der Waals surface area contributed by atoms with Gasteiger partial charge in [-0.1, -0.05) is 12.1 Å². The van der Waals surface area contributed by atoms with Crippen molar-refractivity contribution in [2.75, 3.05) is 0 Å². The minimum atomic E-state index is -0.480. The number of aryl methyl sites for hydroxylation is 1. The Bertz CT molecular complexity index is 458. The van der Waals surface area contributed by atoms with E-state index < -0.39 is 5.95 Å². The molecule has 1 heterocycles. The first-order chi connectivity index (χ1) is 7.15. The first-order valence-corrected chi connectivity index (χ1v) is 4.59. The van der Waals surface area contributed by atoms with E-state index in [4.69, 9.17) is 0 Å². The molecule has 0 atom stereocenters. The summed E-state index contributed by atoms with van der Waals surface area (Å²) in [5.74, 6) is -0.775. The van der Waals surface area contributed by atoms with Crippen LogP contribution in [-0.4, -0.2) is 9.78 Å². The van der Waals surface area contributed by atoms with Crippen LogP contribution in [-0.2, 0) is 6.54 Å². The Labute approximate surface area is 86.2 Å². The summed E-state index contributed by atoms with van der Waals surface area (Å²) in [6.07, 6.45) is 1.60. The smallest absolute Gasteiger partial charge is 0.235 e. The van der Waals surface area contributed by atoms with Crippen LogP contribution in [0.15, 0.2) is 30.5 Å². The number of halogens is 2. The van der Waals surface area contributed by atoms with Crippen molar-refractivity contribution in [1.82, 2.24) is 9.78 Å². The molecule has 0 aliphatic heterocycles. The van der Waals surface area contributed by atoms with E-state index in [1.165, 1.54) is 16.8 Å². The highest BCUT2D eigenvalue weighted by molar-refractivity contribution is 5.17. The van der Waals surface area contributed by atoms with Gasteiger partial charge in [-0.05, 0) is 24.6 Å². The number of aromatic nitrogens is 2. The Balaban J connectivity index is 2.22. The van der Waals surface area contributed by atoms with E-state index in [9.17, 15) is 8.78 Å². The van der Waals surface area contributed by atoms with Crippen molar-refractivity contribution in [2.45, 2.75) is 13.5 Å². The summed E-state index contributed by atoms with van der Waals surface area (Å²) in [5.41, 5.74) is 1.25. The maximum Gasteiger partial charge on any atom is 0.235 e. The molecule has 1 aromatic heterocycles. The number of rotatable bonds is 2. The van der Waals surface area contributed by atoms with E-state index in [1.54, 1.807) is 25.3 Å². The van der Waals surface area contributed by atoms with E-state index in [1.807, 2.05) is 0 Å². The van der Waals surface area contributed by atoms with E-state index in [-0.39, 0.29) is 5.82 Å². The average Bonchev–Trinajstić information content (AvgIpc) is 2.45. The van der Waals surface area contributed by atoms with Gasteiger partial charge in [-0.3, -0.25) is 4.68 Å². The Morgan fingerprint density at radius 2 is 2.13 bits per heavy atom. The third-order valence-corrected chi connectivity index (χ3v) is 2.12. The molecule has 1 aromatic carbocycles. The van der Waals surface area contributed by atoms with E-state index in [0.29, 0.717) is 12.1 Å². The molecule has 2 aromatic rings. The molecule has 0 amide bonds. The number of hydrogen-bond acceptors (Lipinski definition) is 1. The third kappa shape index (κ3) is 2.21. The van der Waals surface area contributed by atoms with E-state index in [2.05, 4.69) is 5.10 Å². The van der Waals surface area contributed by atoms with Crippen molar-refractivity contribution < 1.29 is 8.78 Å². The molecular weight excluding hydrogens is 198 g/mol. The van der Waals surface area contributed by atoms with E-state index in [0.717, 1.165) is 5.56 Å². The lowest BCUT2D eigenvalue weighted by Gasteiger charge is -2.00. The maximum atomic E-state index is 12.9. The molecule has 2 nitrogen and oxygen atoms in total. The third-order valence-electron chi connectivity index (χ3n) is 2.12. The summed E-state index contributed by atoms with van der Waals surface area (Å²) in [5, 5.41) is 3.66. The molecule has 0 fully saturated rings. The highest BCUT2D eigenvalue weighted by atomic mass is 19.1. The van der Waals surface area contributed by atoms with Crippen molar-refractivity contribution in [3.8, 4) is 0 Å². The molecule has 15 heavy (non-hydrogen) atoms. The molecule has 0 aliphatic carbocycles. The number of benzene rings is 1. The minimum absolute atomic E-state index is 0.295. The maximum absolute atomic E-state index is 12.9. The van der Waals surface area contributed by atoms with Gasteiger partial charge in [0.15, 0.2) is 0 Å². The molecule has 0 unspecified atom stereocenters. The van der Waals surface area contributed by atoms with Gasteiger partial charge in [-0.15, -0.1) is 5.10 Å². The van der Waals surface area contributed by atoms with Gasteiger partial charge >= 0.3 is 0 Å². The van der Waals surface area contributed by atoms with Crippen LogP contribution in [0.1, 0.15) is 11.1 Å². The normalized spacial score (nSPS) is 10.6. The first-order valence-electron chi connectivity index (χ1n) is 4.59. The molecule has 4 heteroatoms. The Morgan fingerprint density at radius 1 is 1.33 bits per heavy atom. The summed E-state index contributed by atoms with van der Waals surface area (Å²) in [6.45, 7) is 2.02. The van der Waals surface area contributed by atoms with Gasteiger partial charge < -0.3 is 0 Å². The molecule has 0 radical (unpaired) electrons. The van der Waals surface area contributed by atoms with Crippen molar-refractivity contribution in [3.63, 3.8) is 0 Å². The van der Waals surface area contributed by atoms with Crippen molar-refractivity contribution >= 4 is 0 Å². The zero-order valence-electron chi connectivity index (χ0n) is 8.24. The molecule has 0 N–H and O–H groups in total. The lowest BCUT2D eigenvalue weighted by atomic mass is 10.2. The zero-order valence-corrected chi connectivity index (χ0v) is 8.24. The van der Waals surface area contributed by atoms with Gasteiger partial charge in [-0.25, -0.2) is 4.39 Å². The van der Waals surface area contributed by atoms with Crippen LogP contribution in [0, 0.1) is 18.7 Å². The SMILES string of the molecule is Cc1cn(Cc2cccc(F)c2)nc1F. The van der Waals surface area contributed by atoms with E-state index >= 15 is 0 Å². The fourth-order valence-electron chi connectivity index (χ4n) is 1.40. The second-order valence-electron chi connectivity index (χ2n) is 3.43. The summed E-state index contributed by atoms with van der Waals surface area (Å²) in [6, 6.07) is 6.18. The Hall–Kier alpha value is -1.71. The zero-order chi connectivity index (χ0) is 10.8. The van der Waals surface area contributed by atoms with Gasteiger partial charge in [0, 0.05) is 11.8 Å². The first kappa shape index (κ1) is 9.83. The molecule has 0 bridgehead atoms. The minimum Gasteiger partial charge on any atom is -0.265 e. The van der Waals surface area contributed by atoms with Crippen LogP contribution in [0.4, 0.5) is 8.78 Å². The number of nitrogens with zero attached hydrogens (tertiary/aromatic N) is 2. The van der Waals surface area contributed by atoms with Crippen molar-refractivity contribution in [3.05, 3.63) is 53.4 Å². The fraction of sp³-hybridized carbons (Fsp3) is 0.182. The highest BCUT2D eigenvalue weighted by Crippen LogP contribution is 2.08. The van der Waals surface area contributed by atoms with Gasteiger partial charge in [0.1, 0.15) is 5.82 Å². The quantitative estimate of drug-likeness (QED) is 0.741. The van der Waals surface area contributed by atoms with Gasteiger partial charge in [0.05, 0.1) is 6.54 Å². The lowest BCUT2D eigenvalue weighted by Crippen LogP contribution is -2.00. The Kier molecular flexibility index (Phi) is 2.49. The summed E-state index contributed by atoms with van der Waals surface area (Å²) in [4.78, 5) is 0. The van der Waals surface area contributed by atoms with Crippen LogP contribution >= 0.6 is 0 Å². The molecular formula is C11H10F2N2. The molecule has 2 rings (SSSR count). The Morgan fingerprint density at radius 3 is 2.73 bits per heavy atom. The molecule has 0 spiro atoms. The second kappa shape index (κ2) is 3.81. The van der Waals surface area contributed by atoms with Crippen LogP contribution < -0.4 is 0 Å². The second-order valence-corrected chi connectivity index (χ2v) is 3.43. The highest BCUT2D eigenvalue weighted by Gasteiger charge is 2.04. The summed E-state index contributed by atoms with van der Waals surface area (Å²) >= 11 is 0. The van der Waals surface area contributed by atoms with Crippen LogP contribution in [0.25, 0.3) is 0 Å². The largest absolute Gasteiger partial charge is 0.265 e. The fourth-order valence-corrected chi connectivity index (χ4v) is 1.40. The monoisotopic (exact) mass is 208 g/mol. The lowest BCUT2D eigenvalue weighted by molar-refractivity contribution is 0.535. The molecule has 0 aliphatic rings. The van der Waals surface area contributed by atoms with Gasteiger partial charge in [0.25, 0.3) is 0 Å².